The van der Waals surface area contributed by atoms with Crippen molar-refractivity contribution in [3.63, 3.8) is 0 Å². The minimum atomic E-state index is 0.496. The minimum absolute atomic E-state index is 0.496. The van der Waals surface area contributed by atoms with E-state index in [9.17, 15) is 9.59 Å². The Balaban J connectivity index is 2.68. The summed E-state index contributed by atoms with van der Waals surface area (Å²) in [7, 11) is 0.496. The molecule has 0 aliphatic carbocycles. The molecular weight excluding hydrogens is 111 g/mol. The molecule has 0 aliphatic rings. The highest BCUT2D eigenvalue weighted by Gasteiger charge is 1.79. The third-order valence-electron chi connectivity index (χ3n) is 0.455. The Morgan fingerprint density at radius 3 is 1.86 bits per heavy atom. The number of carbonyl (C=O) groups excluding carboxylic acids is 2. The van der Waals surface area contributed by atoms with Crippen LogP contribution in [0.3, 0.4) is 0 Å². The molecule has 0 amide bonds. The summed E-state index contributed by atoms with van der Waals surface area (Å²) in [6.07, 6.45) is 2.75. The quantitative estimate of drug-likeness (QED) is 0.297. The summed E-state index contributed by atoms with van der Waals surface area (Å²) in [5.74, 6) is 0. The summed E-state index contributed by atoms with van der Waals surface area (Å²) < 4.78 is 0. The van der Waals surface area contributed by atoms with E-state index in [0.29, 0.717) is 20.9 Å². The Kier molecular flexibility index (Phi) is 5.58. The number of carbonyl (C=O) groups is 2. The van der Waals surface area contributed by atoms with Crippen LogP contribution in [0.1, 0.15) is 0 Å². The van der Waals surface area contributed by atoms with Gasteiger partial charge in [0.25, 0.3) is 0 Å². The van der Waals surface area contributed by atoms with Gasteiger partial charge in [-0.1, -0.05) is 0 Å². The fraction of sp³-hybridized carbons (Fsp3) is 0.500. The van der Waals surface area contributed by atoms with Crippen molar-refractivity contribution in [1.29, 1.82) is 0 Å². The highest BCUT2D eigenvalue weighted by molar-refractivity contribution is 7.40. The number of hydrogen-bond acceptors (Lipinski definition) is 2. The molecule has 3 heteroatoms. The first-order valence-electron chi connectivity index (χ1n) is 2.00. The molecule has 0 unspecified atom stereocenters. The van der Waals surface area contributed by atoms with Crippen molar-refractivity contribution < 1.29 is 9.59 Å². The van der Waals surface area contributed by atoms with Crippen LogP contribution in [-0.4, -0.2) is 24.9 Å². The molecule has 0 spiro atoms. The molecule has 0 atom stereocenters. The van der Waals surface area contributed by atoms with E-state index in [2.05, 4.69) is 0 Å². The average molecular weight is 118 g/mol. The summed E-state index contributed by atoms with van der Waals surface area (Å²) in [5.41, 5.74) is 0. The summed E-state index contributed by atoms with van der Waals surface area (Å²) in [4.78, 5) is 19.1. The van der Waals surface area contributed by atoms with Gasteiger partial charge in [0.2, 0.25) is 0 Å². The molecule has 0 radical (unpaired) electrons. The van der Waals surface area contributed by atoms with Crippen LogP contribution in [0.25, 0.3) is 0 Å². The smallest absolute Gasteiger partial charge is 0.124 e. The van der Waals surface area contributed by atoms with Gasteiger partial charge < -0.3 is 9.59 Å². The van der Waals surface area contributed by atoms with Crippen LogP contribution in [0.15, 0.2) is 0 Å². The zero-order valence-corrected chi connectivity index (χ0v) is 4.89. The summed E-state index contributed by atoms with van der Waals surface area (Å²) >= 11 is 0. The third kappa shape index (κ3) is 5.77. The van der Waals surface area contributed by atoms with Crippen LogP contribution in [-0.2, 0) is 9.59 Å². The Hall–Kier alpha value is -0.230. The van der Waals surface area contributed by atoms with Crippen molar-refractivity contribution in [2.24, 2.45) is 0 Å². The maximum Gasteiger partial charge on any atom is 0.124 e. The van der Waals surface area contributed by atoms with Gasteiger partial charge in [-0.25, -0.2) is 0 Å². The lowest BCUT2D eigenvalue weighted by molar-refractivity contribution is -0.106. The average Bonchev–Trinajstić information content (AvgIpc) is 1.69. The summed E-state index contributed by atoms with van der Waals surface area (Å²) in [6.45, 7) is 0. The molecule has 0 heterocycles. The van der Waals surface area contributed by atoms with Crippen molar-refractivity contribution in [3.8, 4) is 0 Å². The molecule has 0 rings (SSSR count). The fourth-order valence-electron chi connectivity index (χ4n) is 0.201. The zero-order chi connectivity index (χ0) is 5.54. The second kappa shape index (κ2) is 5.77. The molecule has 0 aromatic heterocycles. The van der Waals surface area contributed by atoms with Crippen LogP contribution < -0.4 is 0 Å². The maximum absolute atomic E-state index is 9.57. The van der Waals surface area contributed by atoms with Crippen molar-refractivity contribution in [1.82, 2.24) is 0 Å². The molecule has 0 saturated carbocycles. The molecule has 2 nitrogen and oxygen atoms in total. The van der Waals surface area contributed by atoms with E-state index in [0.717, 1.165) is 12.6 Å². The van der Waals surface area contributed by atoms with Gasteiger partial charge in [-0.15, -0.1) is 8.58 Å². The van der Waals surface area contributed by atoms with Gasteiger partial charge in [0.05, 0.1) is 0 Å². The largest absolute Gasteiger partial charge is 0.303 e. The lowest BCUT2D eigenvalue weighted by Crippen LogP contribution is -1.79. The number of rotatable bonds is 4. The molecule has 0 N–H and O–H groups in total. The maximum atomic E-state index is 9.57. The van der Waals surface area contributed by atoms with Crippen molar-refractivity contribution in [2.75, 3.05) is 12.3 Å². The standard InChI is InChI=1S/C4H7O2P/c5-1-3-7-4-2-6/h1-2,7H,3-4H2. The van der Waals surface area contributed by atoms with Gasteiger partial charge in [-0.05, 0) is 0 Å². The fourth-order valence-corrected chi connectivity index (χ4v) is 0.604. The van der Waals surface area contributed by atoms with E-state index in [4.69, 9.17) is 0 Å². The van der Waals surface area contributed by atoms with Crippen LogP contribution >= 0.6 is 8.58 Å². The van der Waals surface area contributed by atoms with Crippen LogP contribution in [0.4, 0.5) is 0 Å². The molecular formula is C4H7O2P. The number of aldehydes is 2. The van der Waals surface area contributed by atoms with Crippen molar-refractivity contribution in [3.05, 3.63) is 0 Å². The molecule has 0 aliphatic heterocycles. The van der Waals surface area contributed by atoms with Crippen LogP contribution in [0.2, 0.25) is 0 Å². The van der Waals surface area contributed by atoms with Crippen LogP contribution in [0.5, 0.6) is 0 Å². The Bertz CT molecular complexity index is 54.7. The molecule has 0 saturated heterocycles. The molecule has 0 bridgehead atoms. The van der Waals surface area contributed by atoms with Gasteiger partial charge in [0.1, 0.15) is 12.6 Å². The van der Waals surface area contributed by atoms with E-state index in [1.54, 1.807) is 0 Å². The van der Waals surface area contributed by atoms with Gasteiger partial charge >= 0.3 is 0 Å². The summed E-state index contributed by atoms with van der Waals surface area (Å²) in [6, 6.07) is 0. The van der Waals surface area contributed by atoms with Gasteiger partial charge in [-0.3, -0.25) is 0 Å². The van der Waals surface area contributed by atoms with Gasteiger partial charge in [-0.2, -0.15) is 0 Å². The Morgan fingerprint density at radius 2 is 1.57 bits per heavy atom. The lowest BCUT2D eigenvalue weighted by Gasteiger charge is -1.79. The van der Waals surface area contributed by atoms with E-state index in [1.807, 2.05) is 0 Å². The predicted molar refractivity (Wildman–Crippen MR) is 30.2 cm³/mol. The van der Waals surface area contributed by atoms with Gasteiger partial charge in [0.15, 0.2) is 0 Å². The number of hydrogen-bond donors (Lipinski definition) is 0. The van der Waals surface area contributed by atoms with Crippen LogP contribution in [0, 0.1) is 0 Å². The summed E-state index contributed by atoms with van der Waals surface area (Å²) in [5, 5.41) is 0. The first kappa shape index (κ1) is 6.77. The van der Waals surface area contributed by atoms with E-state index in [-0.39, 0.29) is 0 Å². The third-order valence-corrected chi connectivity index (χ3v) is 1.37. The lowest BCUT2D eigenvalue weighted by atomic mass is 10.9. The second-order valence-corrected chi connectivity index (χ2v) is 2.31. The normalized spacial score (nSPS) is 8.00. The monoisotopic (exact) mass is 118 g/mol. The Morgan fingerprint density at radius 1 is 1.14 bits per heavy atom. The van der Waals surface area contributed by atoms with Gasteiger partial charge in [0, 0.05) is 12.3 Å². The van der Waals surface area contributed by atoms with Crippen molar-refractivity contribution >= 4 is 21.2 Å². The minimum Gasteiger partial charge on any atom is -0.303 e. The highest BCUT2D eigenvalue weighted by atomic mass is 31.1. The molecule has 7 heavy (non-hydrogen) atoms. The Labute approximate surface area is 44.1 Å². The molecule has 0 fully saturated rings. The zero-order valence-electron chi connectivity index (χ0n) is 3.89. The molecule has 0 aromatic carbocycles. The second-order valence-electron chi connectivity index (χ2n) is 0.992. The first-order valence-corrected chi connectivity index (χ1v) is 3.41. The topological polar surface area (TPSA) is 34.1 Å². The highest BCUT2D eigenvalue weighted by Crippen LogP contribution is 2.02. The SMILES string of the molecule is O=CCPCC=O. The van der Waals surface area contributed by atoms with E-state index >= 15 is 0 Å². The van der Waals surface area contributed by atoms with Crippen molar-refractivity contribution in [2.45, 2.75) is 0 Å². The van der Waals surface area contributed by atoms with E-state index in [1.165, 1.54) is 0 Å². The predicted octanol–water partition coefficient (Wildman–Crippen LogP) is 0.0627. The first-order chi connectivity index (χ1) is 3.41. The van der Waals surface area contributed by atoms with E-state index < -0.39 is 0 Å². The molecule has 0 aromatic rings. The molecule has 40 valence electrons.